The maximum absolute atomic E-state index is 9.05. The first kappa shape index (κ1) is 14.9. The van der Waals surface area contributed by atoms with Gasteiger partial charge in [-0.1, -0.05) is 39.8 Å². The van der Waals surface area contributed by atoms with Gasteiger partial charge in [0.05, 0.1) is 6.07 Å². The molecule has 1 heterocycles. The van der Waals surface area contributed by atoms with E-state index in [1.165, 1.54) is 16.1 Å². The average Bonchev–Trinajstić information content (AvgIpc) is 2.79. The Kier molecular flexibility index (Phi) is 4.06. The predicted octanol–water partition coefficient (Wildman–Crippen LogP) is 1.84. The van der Waals surface area contributed by atoms with Crippen LogP contribution in [0.1, 0.15) is 45.6 Å². The van der Waals surface area contributed by atoms with Gasteiger partial charge < -0.3 is 10.7 Å². The van der Waals surface area contributed by atoms with Crippen LogP contribution in [0.3, 0.4) is 0 Å². The molecular formula is C17H25N3. The van der Waals surface area contributed by atoms with Gasteiger partial charge in [0.1, 0.15) is 0 Å². The minimum Gasteiger partial charge on any atom is -0.361 e. The number of H-pyrrole nitrogens is 1. The summed E-state index contributed by atoms with van der Waals surface area (Å²) < 4.78 is 0. The molecule has 3 N–H and O–H groups in total. The molecule has 3 atom stereocenters. The second-order valence-corrected chi connectivity index (χ2v) is 6.67. The van der Waals surface area contributed by atoms with Crippen molar-refractivity contribution in [3.8, 4) is 6.07 Å². The Morgan fingerprint density at radius 3 is 2.75 bits per heavy atom. The first-order valence-electron chi connectivity index (χ1n) is 7.39. The first-order chi connectivity index (χ1) is 9.40. The molecule has 0 radical (unpaired) electrons. The second-order valence-electron chi connectivity index (χ2n) is 6.67. The van der Waals surface area contributed by atoms with Crippen LogP contribution in [-0.4, -0.2) is 11.5 Å². The molecule has 0 saturated heterocycles. The Bertz CT molecular complexity index is 630. The molecule has 2 rings (SSSR count). The molecule has 1 aromatic heterocycles. The highest BCUT2D eigenvalue weighted by atomic mass is 14.7. The van der Waals surface area contributed by atoms with Crippen LogP contribution in [0.25, 0.3) is 12.2 Å². The van der Waals surface area contributed by atoms with E-state index in [4.69, 9.17) is 11.0 Å². The molecule has 0 fully saturated rings. The van der Waals surface area contributed by atoms with Gasteiger partial charge in [0, 0.05) is 18.0 Å². The molecule has 1 aliphatic rings. The van der Waals surface area contributed by atoms with Gasteiger partial charge in [-0.3, -0.25) is 0 Å². The largest absolute Gasteiger partial charge is 0.361 e. The minimum absolute atomic E-state index is 0.0214. The first-order valence-corrected chi connectivity index (χ1v) is 7.39. The van der Waals surface area contributed by atoms with Crippen LogP contribution >= 0.6 is 0 Å². The van der Waals surface area contributed by atoms with Gasteiger partial charge in [0.25, 0.3) is 0 Å². The zero-order chi connectivity index (χ0) is 14.9. The summed E-state index contributed by atoms with van der Waals surface area (Å²) in [5.41, 5.74) is 7.15. The summed E-state index contributed by atoms with van der Waals surface area (Å²) in [7, 11) is 0. The van der Waals surface area contributed by atoms with E-state index < -0.39 is 0 Å². The van der Waals surface area contributed by atoms with Crippen molar-refractivity contribution in [1.82, 2.24) is 4.98 Å². The Balaban J connectivity index is 2.53. The standard InChI is InChI=1S/C17H25N3/c1-11(9-19)12(2)15-10-20-16-8-17(3,4)13(5-6-18)7-14(15)16/h7-8,10-13,20H,5,9,19H2,1-4H3. The van der Waals surface area contributed by atoms with E-state index in [0.717, 1.165) is 0 Å². The number of hydrogen-bond donors (Lipinski definition) is 2. The van der Waals surface area contributed by atoms with Crippen molar-refractivity contribution in [2.45, 2.75) is 40.0 Å². The lowest BCUT2D eigenvalue weighted by Crippen LogP contribution is -2.38. The minimum atomic E-state index is 0.0214. The van der Waals surface area contributed by atoms with Crippen molar-refractivity contribution in [1.29, 1.82) is 5.26 Å². The molecule has 0 saturated carbocycles. The zero-order valence-electron chi connectivity index (χ0n) is 12.9. The quantitative estimate of drug-likeness (QED) is 0.877. The van der Waals surface area contributed by atoms with Crippen LogP contribution in [0.15, 0.2) is 6.20 Å². The molecule has 0 spiro atoms. The number of fused-ring (bicyclic) bond motifs is 1. The molecule has 0 bridgehead atoms. The molecule has 20 heavy (non-hydrogen) atoms. The maximum Gasteiger partial charge on any atom is 0.0628 e. The molecule has 1 aliphatic carbocycles. The molecule has 108 valence electrons. The van der Waals surface area contributed by atoms with Crippen LogP contribution in [-0.2, 0) is 0 Å². The third-order valence-electron chi connectivity index (χ3n) is 4.85. The van der Waals surface area contributed by atoms with Crippen LogP contribution < -0.4 is 16.3 Å². The molecule has 0 amide bonds. The topological polar surface area (TPSA) is 65.6 Å². The van der Waals surface area contributed by atoms with Gasteiger partial charge in [0.15, 0.2) is 0 Å². The Hall–Kier alpha value is -1.53. The fourth-order valence-electron chi connectivity index (χ4n) is 2.97. The lowest BCUT2D eigenvalue weighted by Gasteiger charge is -2.30. The van der Waals surface area contributed by atoms with Crippen LogP contribution in [0, 0.1) is 28.6 Å². The van der Waals surface area contributed by atoms with E-state index in [0.29, 0.717) is 24.8 Å². The molecule has 1 aromatic rings. The summed E-state index contributed by atoms with van der Waals surface area (Å²) in [6.07, 6.45) is 7.23. The number of rotatable bonds is 4. The highest BCUT2D eigenvalue weighted by Crippen LogP contribution is 2.34. The van der Waals surface area contributed by atoms with Crippen molar-refractivity contribution in [2.24, 2.45) is 23.0 Å². The average molecular weight is 271 g/mol. The van der Waals surface area contributed by atoms with Crippen LogP contribution in [0.4, 0.5) is 0 Å². The maximum atomic E-state index is 9.05. The molecule has 3 unspecified atom stereocenters. The summed E-state index contributed by atoms with van der Waals surface area (Å²) in [5.74, 6) is 1.15. The molecule has 0 aromatic carbocycles. The van der Waals surface area contributed by atoms with Gasteiger partial charge in [-0.05, 0) is 40.5 Å². The van der Waals surface area contributed by atoms with Gasteiger partial charge in [-0.2, -0.15) is 5.26 Å². The van der Waals surface area contributed by atoms with Gasteiger partial charge >= 0.3 is 0 Å². The summed E-state index contributed by atoms with van der Waals surface area (Å²) >= 11 is 0. The van der Waals surface area contributed by atoms with E-state index in [2.05, 4.69) is 57.1 Å². The molecule has 3 heteroatoms. The third kappa shape index (κ3) is 2.53. The van der Waals surface area contributed by atoms with E-state index in [1.807, 2.05) is 0 Å². The van der Waals surface area contributed by atoms with E-state index in [9.17, 15) is 0 Å². The highest BCUT2D eigenvalue weighted by molar-refractivity contribution is 5.48. The number of nitrogens with two attached hydrogens (primary N) is 1. The van der Waals surface area contributed by atoms with Crippen molar-refractivity contribution in [3.05, 3.63) is 22.3 Å². The summed E-state index contributed by atoms with van der Waals surface area (Å²) in [6, 6.07) is 2.32. The number of aromatic nitrogens is 1. The van der Waals surface area contributed by atoms with E-state index >= 15 is 0 Å². The van der Waals surface area contributed by atoms with Crippen molar-refractivity contribution < 1.29 is 0 Å². The number of nitriles is 1. The predicted molar refractivity (Wildman–Crippen MR) is 83.1 cm³/mol. The van der Waals surface area contributed by atoms with Gasteiger partial charge in [-0.15, -0.1) is 0 Å². The van der Waals surface area contributed by atoms with Crippen LogP contribution in [0.2, 0.25) is 0 Å². The molecular weight excluding hydrogens is 246 g/mol. The SMILES string of the molecule is CC(CN)C(C)c1c[nH]c2c1=CC(CC#N)C(C)(C)C=2. The fraction of sp³-hybridized carbons (Fsp3) is 0.588. The van der Waals surface area contributed by atoms with Gasteiger partial charge in [0.2, 0.25) is 0 Å². The highest BCUT2D eigenvalue weighted by Gasteiger charge is 2.29. The van der Waals surface area contributed by atoms with Crippen LogP contribution in [0.5, 0.6) is 0 Å². The third-order valence-corrected chi connectivity index (χ3v) is 4.85. The molecule has 3 nitrogen and oxygen atoms in total. The second kappa shape index (κ2) is 5.46. The van der Waals surface area contributed by atoms with E-state index in [1.54, 1.807) is 0 Å². The number of nitrogens with zero attached hydrogens (tertiary/aromatic N) is 1. The van der Waals surface area contributed by atoms with Crippen molar-refractivity contribution >= 4 is 12.2 Å². The Labute approximate surface area is 121 Å². The van der Waals surface area contributed by atoms with E-state index in [-0.39, 0.29) is 11.3 Å². The lowest BCUT2D eigenvalue weighted by atomic mass is 9.74. The smallest absolute Gasteiger partial charge is 0.0628 e. The fourth-order valence-corrected chi connectivity index (χ4v) is 2.97. The number of aromatic amines is 1. The molecule has 0 aliphatic heterocycles. The summed E-state index contributed by atoms with van der Waals surface area (Å²) in [4.78, 5) is 3.39. The Morgan fingerprint density at radius 1 is 1.45 bits per heavy atom. The monoisotopic (exact) mass is 271 g/mol. The lowest BCUT2D eigenvalue weighted by molar-refractivity contribution is 0.388. The normalized spacial score (nSPS) is 22.9. The number of nitrogens with one attached hydrogen (secondary N) is 1. The van der Waals surface area contributed by atoms with Gasteiger partial charge in [-0.25, -0.2) is 0 Å². The summed E-state index contributed by atoms with van der Waals surface area (Å²) in [5, 5.41) is 11.5. The zero-order valence-corrected chi connectivity index (χ0v) is 12.9. The van der Waals surface area contributed by atoms with Crippen molar-refractivity contribution in [2.75, 3.05) is 6.54 Å². The van der Waals surface area contributed by atoms with Crippen molar-refractivity contribution in [3.63, 3.8) is 0 Å². The number of hydrogen-bond acceptors (Lipinski definition) is 2. The Morgan fingerprint density at radius 2 is 2.15 bits per heavy atom. The summed E-state index contributed by atoms with van der Waals surface area (Å²) in [6.45, 7) is 9.50.